The lowest BCUT2D eigenvalue weighted by atomic mass is 9.93. The summed E-state index contributed by atoms with van der Waals surface area (Å²) in [7, 11) is -3.67. The predicted octanol–water partition coefficient (Wildman–Crippen LogP) is 3.60. The van der Waals surface area contributed by atoms with Gasteiger partial charge in [0.1, 0.15) is 5.75 Å². The van der Waals surface area contributed by atoms with E-state index in [-0.39, 0.29) is 40.6 Å². The van der Waals surface area contributed by atoms with E-state index in [9.17, 15) is 26.4 Å². The molecule has 29 heavy (non-hydrogen) atoms. The van der Waals surface area contributed by atoms with Crippen LogP contribution in [0.1, 0.15) is 17.3 Å². The summed E-state index contributed by atoms with van der Waals surface area (Å²) in [6, 6.07) is 3.25. The summed E-state index contributed by atoms with van der Waals surface area (Å²) < 4.78 is 66.2. The van der Waals surface area contributed by atoms with Crippen LogP contribution in [-0.2, 0) is 9.84 Å². The predicted molar refractivity (Wildman–Crippen MR) is 102 cm³/mol. The highest BCUT2D eigenvalue weighted by Crippen LogP contribution is 2.34. The standard InChI is InChI=1S/C19H19ClF3NO4S/c1-11-5-12-8-24(9-13(12)6-16(11)20)18(25)15-7-14(29(2,26)27)3-4-17(15)28-10-19(21,22)23/h3-7,11,16H,8-10H2,1-2H3. The molecule has 3 rings (SSSR count). The number of sulfone groups is 1. The summed E-state index contributed by atoms with van der Waals surface area (Å²) in [5.41, 5.74) is 1.58. The van der Waals surface area contributed by atoms with Crippen LogP contribution in [0.2, 0.25) is 0 Å². The molecule has 1 heterocycles. The molecule has 2 aliphatic rings. The number of ether oxygens (including phenoxy) is 1. The molecule has 158 valence electrons. The van der Waals surface area contributed by atoms with E-state index in [1.54, 1.807) is 0 Å². The monoisotopic (exact) mass is 449 g/mol. The molecular weight excluding hydrogens is 431 g/mol. The van der Waals surface area contributed by atoms with E-state index in [2.05, 4.69) is 0 Å². The minimum atomic E-state index is -4.60. The van der Waals surface area contributed by atoms with Crippen molar-refractivity contribution in [3.05, 3.63) is 47.1 Å². The summed E-state index contributed by atoms with van der Waals surface area (Å²) in [6.07, 6.45) is 0.186. The summed E-state index contributed by atoms with van der Waals surface area (Å²) in [5, 5.41) is -0.206. The summed E-state index contributed by atoms with van der Waals surface area (Å²) in [5.74, 6) is -0.839. The molecule has 1 saturated heterocycles. The molecule has 1 aromatic rings. The molecule has 0 radical (unpaired) electrons. The lowest BCUT2D eigenvalue weighted by Gasteiger charge is -2.19. The SMILES string of the molecule is CC1C=C2CN(C(=O)c3cc(S(C)(=O)=O)ccc3OCC(F)(F)F)CC2=CC1Cl. The summed E-state index contributed by atoms with van der Waals surface area (Å²) >= 11 is 6.24. The van der Waals surface area contributed by atoms with E-state index < -0.39 is 28.5 Å². The number of amides is 1. The molecule has 5 nitrogen and oxygen atoms in total. The molecule has 1 fully saturated rings. The van der Waals surface area contributed by atoms with Crippen LogP contribution < -0.4 is 4.74 Å². The zero-order valence-electron chi connectivity index (χ0n) is 15.7. The zero-order valence-corrected chi connectivity index (χ0v) is 17.2. The maximum absolute atomic E-state index is 13.1. The number of hydrogen-bond donors (Lipinski definition) is 0. The van der Waals surface area contributed by atoms with Gasteiger partial charge >= 0.3 is 6.18 Å². The molecule has 1 aromatic carbocycles. The maximum atomic E-state index is 13.1. The van der Waals surface area contributed by atoms with E-state index in [0.29, 0.717) is 0 Å². The topological polar surface area (TPSA) is 63.7 Å². The van der Waals surface area contributed by atoms with E-state index in [0.717, 1.165) is 35.6 Å². The number of alkyl halides is 4. The van der Waals surface area contributed by atoms with Gasteiger partial charge in [-0.05, 0) is 35.3 Å². The highest BCUT2D eigenvalue weighted by molar-refractivity contribution is 7.90. The summed E-state index contributed by atoms with van der Waals surface area (Å²) in [4.78, 5) is 14.3. The Kier molecular flexibility index (Phi) is 5.75. The second kappa shape index (κ2) is 7.68. The fourth-order valence-corrected chi connectivity index (χ4v) is 4.12. The van der Waals surface area contributed by atoms with Gasteiger partial charge in [0.2, 0.25) is 0 Å². The largest absolute Gasteiger partial charge is 0.483 e. The van der Waals surface area contributed by atoms with Crippen molar-refractivity contribution in [2.45, 2.75) is 23.4 Å². The van der Waals surface area contributed by atoms with Crippen molar-refractivity contribution in [1.29, 1.82) is 0 Å². The number of rotatable bonds is 4. The van der Waals surface area contributed by atoms with Crippen molar-refractivity contribution >= 4 is 27.3 Å². The van der Waals surface area contributed by atoms with E-state index in [1.165, 1.54) is 4.90 Å². The van der Waals surface area contributed by atoms with Gasteiger partial charge in [-0.2, -0.15) is 13.2 Å². The molecule has 2 unspecified atom stereocenters. The van der Waals surface area contributed by atoms with Gasteiger partial charge in [0.05, 0.1) is 15.8 Å². The molecular formula is C19H19ClF3NO4S. The number of halogens is 4. The van der Waals surface area contributed by atoms with Gasteiger partial charge in [0, 0.05) is 19.3 Å². The fraction of sp³-hybridized carbons (Fsp3) is 0.421. The van der Waals surface area contributed by atoms with Crippen molar-refractivity contribution in [2.24, 2.45) is 5.92 Å². The zero-order chi connectivity index (χ0) is 21.6. The Morgan fingerprint density at radius 2 is 1.86 bits per heavy atom. The molecule has 1 aliphatic heterocycles. The number of benzene rings is 1. The molecule has 0 saturated carbocycles. The van der Waals surface area contributed by atoms with Gasteiger partial charge < -0.3 is 9.64 Å². The Bertz CT molecular complexity index is 975. The number of hydrogen-bond acceptors (Lipinski definition) is 4. The van der Waals surface area contributed by atoms with Crippen LogP contribution in [0.4, 0.5) is 13.2 Å². The Balaban J connectivity index is 1.94. The number of carbonyl (C=O) groups is 1. The third-order valence-electron chi connectivity index (χ3n) is 4.75. The van der Waals surface area contributed by atoms with Crippen molar-refractivity contribution < 1.29 is 31.1 Å². The average Bonchev–Trinajstić information content (AvgIpc) is 3.00. The first-order valence-corrected chi connectivity index (χ1v) is 11.1. The number of fused-ring (bicyclic) bond motifs is 1. The van der Waals surface area contributed by atoms with Crippen LogP contribution in [0.3, 0.4) is 0 Å². The molecule has 1 aliphatic carbocycles. The van der Waals surface area contributed by atoms with Crippen LogP contribution in [-0.4, -0.2) is 56.7 Å². The minimum Gasteiger partial charge on any atom is -0.483 e. The Hall–Kier alpha value is -2.00. The van der Waals surface area contributed by atoms with Crippen LogP contribution >= 0.6 is 11.6 Å². The quantitative estimate of drug-likeness (QED) is 0.659. The Labute approximate surface area is 171 Å². The number of carbonyl (C=O) groups excluding carboxylic acids is 1. The molecule has 0 N–H and O–H groups in total. The molecule has 0 spiro atoms. The molecule has 0 bridgehead atoms. The van der Waals surface area contributed by atoms with Gasteiger partial charge in [-0.15, -0.1) is 11.6 Å². The fourth-order valence-electron chi connectivity index (χ4n) is 3.25. The van der Waals surface area contributed by atoms with Crippen LogP contribution in [0.25, 0.3) is 0 Å². The number of nitrogens with zero attached hydrogens (tertiary/aromatic N) is 1. The normalized spacial score (nSPS) is 22.1. The Morgan fingerprint density at radius 1 is 1.24 bits per heavy atom. The third kappa shape index (κ3) is 4.95. The molecule has 1 amide bonds. The number of allylic oxidation sites excluding steroid dienone is 2. The average molecular weight is 450 g/mol. The van der Waals surface area contributed by atoms with Crippen molar-refractivity contribution in [1.82, 2.24) is 4.90 Å². The summed E-state index contributed by atoms with van der Waals surface area (Å²) in [6.45, 7) is 0.858. The lowest BCUT2D eigenvalue weighted by Crippen LogP contribution is -2.29. The molecule has 0 aromatic heterocycles. The van der Waals surface area contributed by atoms with Gasteiger partial charge in [-0.25, -0.2) is 8.42 Å². The second-order valence-corrected chi connectivity index (χ2v) is 9.70. The van der Waals surface area contributed by atoms with Gasteiger partial charge in [0.25, 0.3) is 5.91 Å². The number of likely N-dealkylation sites (tertiary alicyclic amines) is 1. The second-order valence-electron chi connectivity index (χ2n) is 7.18. The first kappa shape index (κ1) is 21.7. The third-order valence-corrected chi connectivity index (χ3v) is 6.38. The maximum Gasteiger partial charge on any atom is 0.422 e. The Morgan fingerprint density at radius 3 is 2.45 bits per heavy atom. The smallest absolute Gasteiger partial charge is 0.422 e. The van der Waals surface area contributed by atoms with Crippen LogP contribution in [0.15, 0.2) is 46.4 Å². The highest BCUT2D eigenvalue weighted by Gasteiger charge is 2.33. The van der Waals surface area contributed by atoms with Crippen molar-refractivity contribution in [3.63, 3.8) is 0 Å². The highest BCUT2D eigenvalue weighted by atomic mass is 35.5. The van der Waals surface area contributed by atoms with Gasteiger partial charge in [-0.1, -0.05) is 19.1 Å². The van der Waals surface area contributed by atoms with Gasteiger partial charge in [-0.3, -0.25) is 4.79 Å². The van der Waals surface area contributed by atoms with Crippen molar-refractivity contribution in [2.75, 3.05) is 26.0 Å². The first-order valence-electron chi connectivity index (χ1n) is 8.74. The van der Waals surface area contributed by atoms with E-state index in [4.69, 9.17) is 16.3 Å². The molecule has 2 atom stereocenters. The van der Waals surface area contributed by atoms with Crippen molar-refractivity contribution in [3.8, 4) is 5.75 Å². The lowest BCUT2D eigenvalue weighted by molar-refractivity contribution is -0.153. The minimum absolute atomic E-state index is 0.0877. The van der Waals surface area contributed by atoms with E-state index >= 15 is 0 Å². The van der Waals surface area contributed by atoms with E-state index in [1.807, 2.05) is 19.1 Å². The van der Waals surface area contributed by atoms with Gasteiger partial charge in [0.15, 0.2) is 16.4 Å². The molecule has 10 heteroatoms. The van der Waals surface area contributed by atoms with Crippen LogP contribution in [0, 0.1) is 5.92 Å². The van der Waals surface area contributed by atoms with Crippen LogP contribution in [0.5, 0.6) is 5.75 Å². The first-order chi connectivity index (χ1) is 13.3.